The number of hydrogen-bond acceptors (Lipinski definition) is 6. The van der Waals surface area contributed by atoms with E-state index in [9.17, 15) is 9.59 Å². The van der Waals surface area contributed by atoms with Crippen LogP contribution in [0.15, 0.2) is 65.5 Å². The maximum absolute atomic E-state index is 12.3. The van der Waals surface area contributed by atoms with Crippen molar-refractivity contribution in [1.82, 2.24) is 24.8 Å². The third-order valence-electron chi connectivity index (χ3n) is 4.77. The highest BCUT2D eigenvalue weighted by molar-refractivity contribution is 5.76. The van der Waals surface area contributed by atoms with E-state index >= 15 is 0 Å². The van der Waals surface area contributed by atoms with Gasteiger partial charge >= 0.3 is 5.69 Å². The van der Waals surface area contributed by atoms with Crippen molar-refractivity contribution >= 4 is 6.29 Å². The number of benzene rings is 2. The van der Waals surface area contributed by atoms with Gasteiger partial charge in [-0.1, -0.05) is 42.5 Å². The predicted molar refractivity (Wildman–Crippen MR) is 111 cm³/mol. The molecule has 0 atom stereocenters. The number of aldehydes is 1. The normalized spacial score (nSPS) is 10.7. The van der Waals surface area contributed by atoms with Gasteiger partial charge in [-0.2, -0.15) is 9.36 Å². The number of carbonyl (C=O) groups excluding carboxylic acids is 1. The van der Waals surface area contributed by atoms with Crippen molar-refractivity contribution in [3.8, 4) is 22.8 Å². The molecule has 0 aliphatic heterocycles. The average molecular weight is 401 g/mol. The molecule has 0 N–H and O–H groups in total. The summed E-state index contributed by atoms with van der Waals surface area (Å²) in [5.41, 5.74) is 4.30. The van der Waals surface area contributed by atoms with Crippen molar-refractivity contribution in [3.63, 3.8) is 0 Å². The van der Waals surface area contributed by atoms with Gasteiger partial charge in [0.1, 0.15) is 12.9 Å². The van der Waals surface area contributed by atoms with E-state index in [2.05, 4.69) is 15.4 Å². The number of carbonyl (C=O) groups is 1. The third kappa shape index (κ3) is 3.75. The molecule has 0 aliphatic carbocycles. The van der Waals surface area contributed by atoms with Crippen LogP contribution in [0.2, 0.25) is 0 Å². The van der Waals surface area contributed by atoms with Crippen LogP contribution in [0.25, 0.3) is 16.9 Å². The molecule has 4 aromatic rings. The van der Waals surface area contributed by atoms with Crippen LogP contribution in [0.3, 0.4) is 0 Å². The molecule has 0 saturated heterocycles. The Bertz CT molecular complexity index is 1260. The molecule has 0 spiro atoms. The lowest BCUT2D eigenvalue weighted by Gasteiger charge is -2.13. The van der Waals surface area contributed by atoms with Gasteiger partial charge in [0.05, 0.1) is 11.4 Å². The largest absolute Gasteiger partial charge is 0.473 e. The van der Waals surface area contributed by atoms with E-state index < -0.39 is 0 Å². The van der Waals surface area contributed by atoms with Crippen molar-refractivity contribution in [2.24, 2.45) is 7.05 Å². The van der Waals surface area contributed by atoms with Crippen LogP contribution in [0.4, 0.5) is 0 Å². The van der Waals surface area contributed by atoms with Crippen LogP contribution in [-0.4, -0.2) is 31.1 Å². The van der Waals surface area contributed by atoms with Crippen molar-refractivity contribution in [2.45, 2.75) is 13.5 Å². The second-order valence-corrected chi connectivity index (χ2v) is 6.76. The van der Waals surface area contributed by atoms with E-state index in [1.807, 2.05) is 43.3 Å². The minimum Gasteiger partial charge on any atom is -0.473 e. The molecule has 2 aromatic heterocycles. The summed E-state index contributed by atoms with van der Waals surface area (Å²) in [5, 5.41) is 7.71. The molecular weight excluding hydrogens is 382 g/mol. The first-order valence-corrected chi connectivity index (χ1v) is 9.30. The number of ether oxygens (including phenoxy) is 1. The van der Waals surface area contributed by atoms with Crippen LogP contribution in [0.5, 0.6) is 5.88 Å². The quantitative estimate of drug-likeness (QED) is 0.461. The zero-order chi connectivity index (χ0) is 21.1. The van der Waals surface area contributed by atoms with Crippen molar-refractivity contribution in [1.29, 1.82) is 0 Å². The fourth-order valence-corrected chi connectivity index (χ4v) is 3.07. The van der Waals surface area contributed by atoms with E-state index in [1.165, 1.54) is 9.36 Å². The monoisotopic (exact) mass is 401 g/mol. The Morgan fingerprint density at radius 2 is 1.77 bits per heavy atom. The zero-order valence-electron chi connectivity index (χ0n) is 16.5. The van der Waals surface area contributed by atoms with Gasteiger partial charge in [-0.05, 0) is 35.0 Å². The fourth-order valence-electron chi connectivity index (χ4n) is 3.07. The molecule has 8 nitrogen and oxygen atoms in total. The van der Waals surface area contributed by atoms with Crippen molar-refractivity contribution in [2.75, 3.05) is 0 Å². The number of tetrazole rings is 1. The molecule has 30 heavy (non-hydrogen) atoms. The number of aromatic nitrogens is 5. The molecule has 150 valence electrons. The lowest BCUT2D eigenvalue weighted by Crippen LogP contribution is -2.23. The second kappa shape index (κ2) is 8.12. The number of aryl methyl sites for hydroxylation is 2. The summed E-state index contributed by atoms with van der Waals surface area (Å²) in [6.07, 6.45) is 0.805. The molecule has 0 saturated carbocycles. The van der Waals surface area contributed by atoms with E-state index in [0.717, 1.165) is 28.7 Å². The standard InChI is InChI=1S/C22H19N5O3/c1-15-5-3-7-20(27-22(29)26(2)24-25-27)18(15)14-30-21-8-4-6-19(23-21)17-11-9-16(13-28)10-12-17/h3-13H,14H2,1-2H3. The van der Waals surface area contributed by atoms with Crippen LogP contribution < -0.4 is 10.4 Å². The van der Waals surface area contributed by atoms with Crippen molar-refractivity contribution < 1.29 is 9.53 Å². The first-order valence-electron chi connectivity index (χ1n) is 9.30. The molecule has 0 amide bonds. The Morgan fingerprint density at radius 3 is 2.47 bits per heavy atom. The van der Waals surface area contributed by atoms with Crippen LogP contribution in [0.1, 0.15) is 21.5 Å². The van der Waals surface area contributed by atoms with Gasteiger partial charge in [-0.15, -0.1) is 0 Å². The number of pyridine rings is 1. The lowest BCUT2D eigenvalue weighted by atomic mass is 10.1. The first-order chi connectivity index (χ1) is 14.6. The Balaban J connectivity index is 1.61. The topological polar surface area (TPSA) is 91.9 Å². The summed E-state index contributed by atoms with van der Waals surface area (Å²) >= 11 is 0. The summed E-state index contributed by atoms with van der Waals surface area (Å²) in [6, 6.07) is 18.3. The highest BCUT2D eigenvalue weighted by Gasteiger charge is 2.14. The first kappa shape index (κ1) is 19.3. The van der Waals surface area contributed by atoms with Crippen LogP contribution >= 0.6 is 0 Å². The van der Waals surface area contributed by atoms with Crippen molar-refractivity contribution in [3.05, 3.63) is 87.8 Å². The number of rotatable bonds is 6. The summed E-state index contributed by atoms with van der Waals surface area (Å²) in [7, 11) is 1.55. The number of nitrogens with zero attached hydrogens (tertiary/aromatic N) is 5. The van der Waals surface area contributed by atoms with Gasteiger partial charge in [-0.3, -0.25) is 4.79 Å². The molecule has 4 rings (SSSR count). The smallest absolute Gasteiger partial charge is 0.368 e. The maximum atomic E-state index is 12.3. The van der Waals surface area contributed by atoms with E-state index in [-0.39, 0.29) is 12.3 Å². The summed E-state index contributed by atoms with van der Waals surface area (Å²) in [4.78, 5) is 27.7. The highest BCUT2D eigenvalue weighted by atomic mass is 16.5. The van der Waals surface area contributed by atoms with Gasteiger partial charge in [0.15, 0.2) is 0 Å². The minimum absolute atomic E-state index is 0.214. The molecule has 0 unspecified atom stereocenters. The maximum Gasteiger partial charge on any atom is 0.368 e. The van der Waals surface area contributed by atoms with Crippen LogP contribution in [0, 0.1) is 6.92 Å². The molecule has 0 radical (unpaired) electrons. The van der Waals surface area contributed by atoms with Gasteiger partial charge in [-0.25, -0.2) is 9.78 Å². The molecule has 0 aliphatic rings. The SMILES string of the molecule is Cc1cccc(-n2nnn(C)c2=O)c1COc1cccc(-c2ccc(C=O)cc2)n1. The lowest BCUT2D eigenvalue weighted by molar-refractivity contribution is 0.112. The summed E-state index contributed by atoms with van der Waals surface area (Å²) < 4.78 is 8.38. The molecule has 2 aromatic carbocycles. The summed E-state index contributed by atoms with van der Waals surface area (Å²) in [5.74, 6) is 0.452. The predicted octanol–water partition coefficient (Wildman–Crippen LogP) is 2.73. The molecule has 0 bridgehead atoms. The molecular formula is C22H19N5O3. The third-order valence-corrected chi connectivity index (χ3v) is 4.77. The molecule has 0 fully saturated rings. The Labute approximate surface area is 172 Å². The number of hydrogen-bond donors (Lipinski definition) is 0. The average Bonchev–Trinajstić information content (AvgIpc) is 3.11. The molecule has 2 heterocycles. The van der Waals surface area contributed by atoms with Gasteiger partial charge in [0, 0.05) is 29.8 Å². The zero-order valence-corrected chi connectivity index (χ0v) is 16.5. The van der Waals surface area contributed by atoms with Crippen LogP contribution in [-0.2, 0) is 13.7 Å². The van der Waals surface area contributed by atoms with Gasteiger partial charge in [0.25, 0.3) is 0 Å². The Hall–Kier alpha value is -4.07. The fraction of sp³-hybridized carbons (Fsp3) is 0.136. The van der Waals surface area contributed by atoms with Gasteiger partial charge < -0.3 is 4.74 Å². The van der Waals surface area contributed by atoms with E-state index in [4.69, 9.17) is 4.74 Å². The van der Waals surface area contributed by atoms with Gasteiger partial charge in [0.2, 0.25) is 5.88 Å². The summed E-state index contributed by atoms with van der Waals surface area (Å²) in [6.45, 7) is 2.16. The minimum atomic E-state index is -0.333. The van der Waals surface area contributed by atoms with E-state index in [1.54, 1.807) is 31.3 Å². The molecule has 8 heteroatoms. The Morgan fingerprint density at radius 1 is 1.00 bits per heavy atom. The second-order valence-electron chi connectivity index (χ2n) is 6.76. The Kier molecular flexibility index (Phi) is 5.21. The highest BCUT2D eigenvalue weighted by Crippen LogP contribution is 2.22. The van der Waals surface area contributed by atoms with E-state index in [0.29, 0.717) is 17.1 Å².